The molecular weight excluding hydrogens is 285 g/mol. The lowest BCUT2D eigenvalue weighted by molar-refractivity contribution is -0.123. The van der Waals surface area contributed by atoms with E-state index >= 15 is 0 Å². The molecule has 2 rings (SSSR count). The Kier molecular flexibility index (Phi) is 5.49. The smallest absolute Gasteiger partial charge is 0.220 e. The Labute approximate surface area is 123 Å². The normalized spacial score (nSPS) is 19.2. The minimum absolute atomic E-state index is 0.0570. The van der Waals surface area contributed by atoms with Crippen molar-refractivity contribution in [2.24, 2.45) is 5.92 Å². The lowest BCUT2D eigenvalue weighted by Crippen LogP contribution is -2.28. The summed E-state index contributed by atoms with van der Waals surface area (Å²) in [5, 5.41) is 3.93. The van der Waals surface area contributed by atoms with Crippen LogP contribution < -0.4 is 5.32 Å². The number of benzene rings is 1. The molecule has 1 amide bonds. The van der Waals surface area contributed by atoms with Gasteiger partial charge in [0.2, 0.25) is 5.91 Å². The summed E-state index contributed by atoms with van der Waals surface area (Å²) in [6.45, 7) is 1.99. The summed E-state index contributed by atoms with van der Waals surface area (Å²) in [6, 6.07) is 5.37. The van der Waals surface area contributed by atoms with E-state index in [1.807, 2.05) is 6.07 Å². The van der Waals surface area contributed by atoms with Gasteiger partial charge in [0, 0.05) is 26.2 Å². The fourth-order valence-electron chi connectivity index (χ4n) is 2.15. The first-order valence-corrected chi connectivity index (χ1v) is 7.19. The van der Waals surface area contributed by atoms with Gasteiger partial charge in [-0.05, 0) is 36.5 Å². The first-order valence-electron chi connectivity index (χ1n) is 6.43. The van der Waals surface area contributed by atoms with E-state index in [1.165, 1.54) is 0 Å². The largest absolute Gasteiger partial charge is 0.381 e. The van der Waals surface area contributed by atoms with E-state index in [-0.39, 0.29) is 5.91 Å². The van der Waals surface area contributed by atoms with Gasteiger partial charge in [-0.25, -0.2) is 0 Å². The van der Waals surface area contributed by atoms with Crippen molar-refractivity contribution in [1.82, 2.24) is 5.32 Å². The molecule has 1 aromatic carbocycles. The number of halogens is 2. The highest BCUT2D eigenvalue weighted by molar-refractivity contribution is 6.42. The van der Waals surface area contributed by atoms with Crippen molar-refractivity contribution in [2.45, 2.75) is 25.8 Å². The van der Waals surface area contributed by atoms with E-state index < -0.39 is 0 Å². The Morgan fingerprint density at radius 2 is 2.21 bits per heavy atom. The van der Waals surface area contributed by atoms with E-state index in [4.69, 9.17) is 27.9 Å². The van der Waals surface area contributed by atoms with Crippen LogP contribution in [0.5, 0.6) is 0 Å². The molecule has 1 N–H and O–H groups in total. The second-order valence-corrected chi connectivity index (χ2v) is 5.63. The van der Waals surface area contributed by atoms with Crippen LogP contribution in [-0.4, -0.2) is 19.1 Å². The highest BCUT2D eigenvalue weighted by atomic mass is 35.5. The van der Waals surface area contributed by atoms with Crippen LogP contribution in [0, 0.1) is 5.92 Å². The van der Waals surface area contributed by atoms with E-state index in [0.717, 1.165) is 25.0 Å². The molecule has 0 radical (unpaired) electrons. The summed E-state index contributed by atoms with van der Waals surface area (Å²) in [7, 11) is 0. The quantitative estimate of drug-likeness (QED) is 0.925. The zero-order chi connectivity index (χ0) is 13.7. The first-order chi connectivity index (χ1) is 9.15. The van der Waals surface area contributed by atoms with Crippen molar-refractivity contribution in [3.05, 3.63) is 33.8 Å². The highest BCUT2D eigenvalue weighted by Gasteiger charge is 2.17. The standard InChI is InChI=1S/C14H17Cl2NO2/c15-12-4-3-10(6-13(12)16)8-17-14(18)7-11-2-1-5-19-9-11/h3-4,6,11H,1-2,5,7-9H2,(H,17,18)/t11-/m0/s1. The molecule has 1 atom stereocenters. The fraction of sp³-hybridized carbons (Fsp3) is 0.500. The van der Waals surface area contributed by atoms with Crippen molar-refractivity contribution in [3.63, 3.8) is 0 Å². The Morgan fingerprint density at radius 1 is 1.37 bits per heavy atom. The maximum Gasteiger partial charge on any atom is 0.220 e. The summed E-state index contributed by atoms with van der Waals surface area (Å²) in [4.78, 5) is 11.8. The maximum absolute atomic E-state index is 11.8. The molecule has 0 unspecified atom stereocenters. The van der Waals surface area contributed by atoms with Gasteiger partial charge < -0.3 is 10.1 Å². The van der Waals surface area contributed by atoms with Crippen LogP contribution in [0.25, 0.3) is 0 Å². The third-order valence-electron chi connectivity index (χ3n) is 3.20. The van der Waals surface area contributed by atoms with E-state index in [9.17, 15) is 4.79 Å². The van der Waals surface area contributed by atoms with Crippen LogP contribution in [-0.2, 0) is 16.1 Å². The van der Waals surface area contributed by atoms with Gasteiger partial charge in [0.05, 0.1) is 10.0 Å². The number of hydrogen-bond acceptors (Lipinski definition) is 2. The molecule has 0 spiro atoms. The zero-order valence-corrected chi connectivity index (χ0v) is 12.1. The minimum Gasteiger partial charge on any atom is -0.381 e. The van der Waals surface area contributed by atoms with Crippen LogP contribution in [0.1, 0.15) is 24.8 Å². The molecule has 0 aromatic heterocycles. The van der Waals surface area contributed by atoms with Crippen LogP contribution in [0.4, 0.5) is 0 Å². The fourth-order valence-corrected chi connectivity index (χ4v) is 2.47. The second kappa shape index (κ2) is 7.13. The monoisotopic (exact) mass is 301 g/mol. The van der Waals surface area contributed by atoms with Crippen LogP contribution >= 0.6 is 23.2 Å². The molecule has 0 bridgehead atoms. The maximum atomic E-state index is 11.8. The molecule has 5 heteroatoms. The van der Waals surface area contributed by atoms with Gasteiger partial charge in [0.25, 0.3) is 0 Å². The number of amides is 1. The average molecular weight is 302 g/mol. The molecule has 1 aliphatic rings. The number of carbonyl (C=O) groups excluding carboxylic acids is 1. The molecule has 19 heavy (non-hydrogen) atoms. The van der Waals surface area contributed by atoms with Crippen molar-refractivity contribution >= 4 is 29.1 Å². The summed E-state index contributed by atoms with van der Waals surface area (Å²) in [5.74, 6) is 0.407. The highest BCUT2D eigenvalue weighted by Crippen LogP contribution is 2.22. The van der Waals surface area contributed by atoms with Crippen molar-refractivity contribution in [1.29, 1.82) is 0 Å². The number of carbonyl (C=O) groups is 1. The predicted molar refractivity (Wildman–Crippen MR) is 76.5 cm³/mol. The number of rotatable bonds is 4. The molecule has 104 valence electrons. The molecule has 3 nitrogen and oxygen atoms in total. The summed E-state index contributed by atoms with van der Waals surface area (Å²) >= 11 is 11.8. The predicted octanol–water partition coefficient (Wildman–Crippen LogP) is 3.43. The van der Waals surface area contributed by atoms with Gasteiger partial charge in [0.15, 0.2) is 0 Å². The van der Waals surface area contributed by atoms with Crippen LogP contribution in [0.2, 0.25) is 10.0 Å². The van der Waals surface area contributed by atoms with Crippen LogP contribution in [0.3, 0.4) is 0 Å². The average Bonchev–Trinajstić information content (AvgIpc) is 2.41. The molecule has 0 saturated carbocycles. The zero-order valence-electron chi connectivity index (χ0n) is 10.6. The minimum atomic E-state index is 0.0570. The van der Waals surface area contributed by atoms with Gasteiger partial charge in [-0.3, -0.25) is 4.79 Å². The molecule has 1 aromatic rings. The molecule has 1 aliphatic heterocycles. The molecule has 1 fully saturated rings. The Balaban J connectivity index is 1.77. The second-order valence-electron chi connectivity index (χ2n) is 4.81. The summed E-state index contributed by atoms with van der Waals surface area (Å²) < 4.78 is 5.36. The van der Waals surface area contributed by atoms with Crippen LogP contribution in [0.15, 0.2) is 18.2 Å². The Morgan fingerprint density at radius 3 is 2.89 bits per heavy atom. The van der Waals surface area contributed by atoms with Crippen molar-refractivity contribution in [2.75, 3.05) is 13.2 Å². The van der Waals surface area contributed by atoms with Crippen molar-refractivity contribution in [3.8, 4) is 0 Å². The van der Waals surface area contributed by atoms with Gasteiger partial charge in [-0.2, -0.15) is 0 Å². The molecule has 0 aliphatic carbocycles. The Bertz CT molecular complexity index is 445. The van der Waals surface area contributed by atoms with Gasteiger partial charge in [0.1, 0.15) is 0 Å². The third-order valence-corrected chi connectivity index (χ3v) is 3.94. The number of nitrogens with one attached hydrogen (secondary N) is 1. The summed E-state index contributed by atoms with van der Waals surface area (Å²) in [6.07, 6.45) is 2.65. The Hall–Kier alpha value is -0.770. The van der Waals surface area contributed by atoms with E-state index in [0.29, 0.717) is 35.5 Å². The SMILES string of the molecule is O=C(C[C@@H]1CCCOC1)NCc1ccc(Cl)c(Cl)c1. The summed E-state index contributed by atoms with van der Waals surface area (Å²) in [5.41, 5.74) is 0.947. The molecule has 1 saturated heterocycles. The topological polar surface area (TPSA) is 38.3 Å². The lowest BCUT2D eigenvalue weighted by Gasteiger charge is -2.21. The number of hydrogen-bond donors (Lipinski definition) is 1. The van der Waals surface area contributed by atoms with Gasteiger partial charge in [-0.15, -0.1) is 0 Å². The van der Waals surface area contributed by atoms with Gasteiger partial charge >= 0.3 is 0 Å². The first kappa shape index (κ1) is 14.6. The lowest BCUT2D eigenvalue weighted by atomic mass is 9.98. The van der Waals surface area contributed by atoms with E-state index in [1.54, 1.807) is 12.1 Å². The van der Waals surface area contributed by atoms with Gasteiger partial charge in [-0.1, -0.05) is 29.3 Å². The molecule has 1 heterocycles. The number of ether oxygens (including phenoxy) is 1. The third kappa shape index (κ3) is 4.68. The van der Waals surface area contributed by atoms with E-state index in [2.05, 4.69) is 5.32 Å². The van der Waals surface area contributed by atoms with Crippen molar-refractivity contribution < 1.29 is 9.53 Å². The molecular formula is C14H17Cl2NO2.